The Morgan fingerprint density at radius 1 is 1.02 bits per heavy atom. The minimum atomic E-state index is -0.489. The first-order valence-corrected chi connectivity index (χ1v) is 13.2. The van der Waals surface area contributed by atoms with Gasteiger partial charge in [0.2, 0.25) is 0 Å². The number of benzene rings is 3. The number of aromatic nitrogens is 3. The van der Waals surface area contributed by atoms with Gasteiger partial charge in [0.1, 0.15) is 23.6 Å². The Balaban J connectivity index is 1.24. The van der Waals surface area contributed by atoms with Crippen LogP contribution >= 0.6 is 0 Å². The fourth-order valence-corrected chi connectivity index (χ4v) is 4.67. The number of amides is 1. The van der Waals surface area contributed by atoms with Gasteiger partial charge in [-0.1, -0.05) is 12.1 Å². The highest BCUT2D eigenvalue weighted by molar-refractivity contribution is 6.04. The average molecular weight is 551 g/mol. The molecule has 206 valence electrons. The molecule has 9 nitrogen and oxygen atoms in total. The number of para-hydroxylation sites is 1. The number of hydrogen-bond donors (Lipinski definition) is 1. The summed E-state index contributed by atoms with van der Waals surface area (Å²) in [4.78, 5) is 25.8. The number of carbonyl (C=O) groups excluding carboxylic acids is 1. The van der Waals surface area contributed by atoms with Crippen molar-refractivity contribution < 1.29 is 18.7 Å². The zero-order valence-electron chi connectivity index (χ0n) is 22.3. The van der Waals surface area contributed by atoms with Crippen LogP contribution < -0.4 is 15.1 Å². The Labute approximate surface area is 236 Å². The monoisotopic (exact) mass is 550 g/mol. The summed E-state index contributed by atoms with van der Waals surface area (Å²) in [5.41, 5.74) is 3.13. The average Bonchev–Trinajstić information content (AvgIpc) is 3.01. The standard InChI is InChI=1S/C31H27FN6O3/c1-21-18-23(38(37-14-16-40-17-15-37)30-25-12-13-33-19-28(25)34-20-35-30)8-11-29(21)41-24-9-6-22(7-10-24)31(39)36-27-5-3-2-4-26(27)32/h2-13,18-20H,14-17H2,1H3,(H,36,39). The zero-order valence-corrected chi connectivity index (χ0v) is 22.3. The lowest BCUT2D eigenvalue weighted by Crippen LogP contribution is -2.47. The number of rotatable bonds is 7. The third kappa shape index (κ3) is 5.69. The van der Waals surface area contributed by atoms with E-state index in [4.69, 9.17) is 9.47 Å². The van der Waals surface area contributed by atoms with Gasteiger partial charge in [0.05, 0.1) is 36.3 Å². The predicted molar refractivity (Wildman–Crippen MR) is 154 cm³/mol. The Hall–Kier alpha value is -4.93. The first kappa shape index (κ1) is 26.3. The normalized spacial score (nSPS) is 13.6. The van der Waals surface area contributed by atoms with Crippen LogP contribution in [-0.2, 0) is 4.74 Å². The van der Waals surface area contributed by atoms with Crippen LogP contribution in [0.4, 0.5) is 21.6 Å². The van der Waals surface area contributed by atoms with Crippen molar-refractivity contribution in [1.82, 2.24) is 20.0 Å². The van der Waals surface area contributed by atoms with Crippen molar-refractivity contribution in [3.8, 4) is 11.5 Å². The van der Waals surface area contributed by atoms with Gasteiger partial charge < -0.3 is 14.8 Å². The third-order valence-corrected chi connectivity index (χ3v) is 6.76. The van der Waals surface area contributed by atoms with Crippen LogP contribution in [0.1, 0.15) is 15.9 Å². The van der Waals surface area contributed by atoms with Crippen molar-refractivity contribution >= 4 is 34.0 Å². The van der Waals surface area contributed by atoms with Crippen LogP contribution in [0.3, 0.4) is 0 Å². The highest BCUT2D eigenvalue weighted by atomic mass is 19.1. The van der Waals surface area contributed by atoms with Gasteiger partial charge in [-0.2, -0.15) is 0 Å². The number of carbonyl (C=O) groups is 1. The van der Waals surface area contributed by atoms with E-state index in [0.29, 0.717) is 43.4 Å². The lowest BCUT2D eigenvalue weighted by atomic mass is 10.1. The number of aryl methyl sites for hydroxylation is 1. The van der Waals surface area contributed by atoms with Gasteiger partial charge in [-0.15, -0.1) is 0 Å². The summed E-state index contributed by atoms with van der Waals surface area (Å²) >= 11 is 0. The molecule has 1 fully saturated rings. The fraction of sp³-hybridized carbons (Fsp3) is 0.161. The zero-order chi connectivity index (χ0) is 28.2. The molecule has 0 radical (unpaired) electrons. The number of pyridine rings is 1. The lowest BCUT2D eigenvalue weighted by Gasteiger charge is -2.38. The van der Waals surface area contributed by atoms with Crippen molar-refractivity contribution in [1.29, 1.82) is 0 Å². The summed E-state index contributed by atoms with van der Waals surface area (Å²) in [5, 5.41) is 7.80. The quantitative estimate of drug-likeness (QED) is 0.268. The minimum absolute atomic E-state index is 0.131. The van der Waals surface area contributed by atoms with Crippen LogP contribution in [0.25, 0.3) is 10.9 Å². The van der Waals surface area contributed by atoms with Gasteiger partial charge in [0.25, 0.3) is 5.91 Å². The van der Waals surface area contributed by atoms with Crippen LogP contribution in [0.15, 0.2) is 91.5 Å². The molecule has 5 aromatic rings. The van der Waals surface area contributed by atoms with Gasteiger partial charge in [-0.05, 0) is 73.2 Å². The molecule has 0 spiro atoms. The number of hydrogen-bond acceptors (Lipinski definition) is 8. The number of anilines is 3. The predicted octanol–water partition coefficient (Wildman–Crippen LogP) is 5.90. The van der Waals surface area contributed by atoms with E-state index in [-0.39, 0.29) is 5.69 Å². The van der Waals surface area contributed by atoms with E-state index < -0.39 is 11.7 Å². The molecule has 6 rings (SSSR count). The number of morpholine rings is 1. The van der Waals surface area contributed by atoms with Crippen LogP contribution in [-0.4, -0.2) is 52.2 Å². The Kier molecular flexibility index (Phi) is 7.48. The highest BCUT2D eigenvalue weighted by Crippen LogP contribution is 2.35. The van der Waals surface area contributed by atoms with E-state index >= 15 is 0 Å². The minimum Gasteiger partial charge on any atom is -0.457 e. The number of ether oxygens (including phenoxy) is 2. The second-order valence-electron chi connectivity index (χ2n) is 9.48. The summed E-state index contributed by atoms with van der Waals surface area (Å²) < 4.78 is 25.7. The Morgan fingerprint density at radius 2 is 1.83 bits per heavy atom. The van der Waals surface area contributed by atoms with E-state index in [9.17, 15) is 9.18 Å². The molecule has 1 saturated heterocycles. The largest absolute Gasteiger partial charge is 0.457 e. The van der Waals surface area contributed by atoms with Crippen LogP contribution in [0, 0.1) is 12.7 Å². The maximum atomic E-state index is 13.9. The SMILES string of the molecule is Cc1cc(N(c2ncnc3cnccc23)N2CCOCC2)ccc1Oc1ccc(C(=O)Nc2ccccc2F)cc1. The number of nitrogens with zero attached hydrogens (tertiary/aromatic N) is 5. The fourth-order valence-electron chi connectivity index (χ4n) is 4.67. The van der Waals surface area contributed by atoms with Gasteiger partial charge in [-0.25, -0.2) is 19.4 Å². The van der Waals surface area contributed by atoms with Crippen molar-refractivity contribution in [2.75, 3.05) is 36.6 Å². The molecule has 10 heteroatoms. The van der Waals surface area contributed by atoms with Gasteiger partial charge in [0.15, 0.2) is 5.82 Å². The van der Waals surface area contributed by atoms with Crippen molar-refractivity contribution in [3.63, 3.8) is 0 Å². The molecule has 3 heterocycles. The molecule has 0 unspecified atom stereocenters. The summed E-state index contributed by atoms with van der Waals surface area (Å²) in [6.45, 7) is 4.65. The molecule has 1 amide bonds. The van der Waals surface area contributed by atoms with Crippen LogP contribution in [0.2, 0.25) is 0 Å². The lowest BCUT2D eigenvalue weighted by molar-refractivity contribution is 0.0376. The number of hydrazine groups is 1. The molecule has 1 N–H and O–H groups in total. The third-order valence-electron chi connectivity index (χ3n) is 6.76. The molecule has 0 bridgehead atoms. The second-order valence-corrected chi connectivity index (χ2v) is 9.48. The molecule has 1 aliphatic heterocycles. The van der Waals surface area contributed by atoms with E-state index in [1.54, 1.807) is 55.1 Å². The second kappa shape index (κ2) is 11.7. The van der Waals surface area contributed by atoms with Gasteiger partial charge in [-0.3, -0.25) is 14.8 Å². The molecule has 3 aromatic carbocycles. The first-order valence-electron chi connectivity index (χ1n) is 13.2. The molecule has 2 aromatic heterocycles. The number of fused-ring (bicyclic) bond motifs is 1. The highest BCUT2D eigenvalue weighted by Gasteiger charge is 2.24. The topological polar surface area (TPSA) is 92.7 Å². The van der Waals surface area contributed by atoms with E-state index in [0.717, 1.165) is 28.0 Å². The summed E-state index contributed by atoms with van der Waals surface area (Å²) in [6.07, 6.45) is 5.02. The van der Waals surface area contributed by atoms with Gasteiger partial charge in [0, 0.05) is 30.2 Å². The Bertz CT molecular complexity index is 1690. The van der Waals surface area contributed by atoms with E-state index in [2.05, 4.69) is 36.4 Å². The molecule has 41 heavy (non-hydrogen) atoms. The maximum Gasteiger partial charge on any atom is 0.255 e. The summed E-state index contributed by atoms with van der Waals surface area (Å²) in [7, 11) is 0. The molecular formula is C31H27FN6O3. The van der Waals surface area contributed by atoms with Crippen LogP contribution in [0.5, 0.6) is 11.5 Å². The van der Waals surface area contributed by atoms with Crippen molar-refractivity contribution in [2.24, 2.45) is 0 Å². The summed E-state index contributed by atoms with van der Waals surface area (Å²) in [5.74, 6) is 1.12. The Morgan fingerprint density at radius 3 is 2.61 bits per heavy atom. The van der Waals surface area contributed by atoms with Crippen molar-refractivity contribution in [3.05, 3.63) is 108 Å². The summed E-state index contributed by atoms with van der Waals surface area (Å²) in [6, 6.07) is 20.6. The maximum absolute atomic E-state index is 13.9. The number of nitrogens with one attached hydrogen (secondary N) is 1. The molecule has 0 atom stereocenters. The molecule has 0 aliphatic carbocycles. The van der Waals surface area contributed by atoms with Gasteiger partial charge >= 0.3 is 0 Å². The van der Waals surface area contributed by atoms with E-state index in [1.165, 1.54) is 12.1 Å². The first-order chi connectivity index (χ1) is 20.1. The molecular weight excluding hydrogens is 523 g/mol. The van der Waals surface area contributed by atoms with Crippen molar-refractivity contribution in [2.45, 2.75) is 6.92 Å². The molecule has 0 saturated carbocycles. The van der Waals surface area contributed by atoms with E-state index in [1.807, 2.05) is 25.1 Å². The number of halogens is 1. The smallest absolute Gasteiger partial charge is 0.255 e. The molecule has 1 aliphatic rings.